The van der Waals surface area contributed by atoms with Gasteiger partial charge in [-0.15, -0.1) is 0 Å². The number of hydrogen-bond donors (Lipinski definition) is 4. The zero-order valence-electron chi connectivity index (χ0n) is 13.7. The molecule has 1 heterocycles. The summed E-state index contributed by atoms with van der Waals surface area (Å²) in [5, 5.41) is 38.6. The van der Waals surface area contributed by atoms with Crippen LogP contribution in [0, 0.1) is 16.7 Å². The van der Waals surface area contributed by atoms with Gasteiger partial charge in [0.05, 0.1) is 0 Å². The molecular weight excluding hydrogens is 304 g/mol. The van der Waals surface area contributed by atoms with Crippen LogP contribution < -0.4 is 0 Å². The first-order valence-corrected chi connectivity index (χ1v) is 8.18. The molecule has 8 atom stereocenters. The molecule has 0 amide bonds. The Morgan fingerprint density at radius 1 is 1.09 bits per heavy atom. The number of carbonyl (C=O) groups is 1. The number of fused-ring (bicyclic) bond motifs is 2. The van der Waals surface area contributed by atoms with E-state index in [0.717, 1.165) is 19.3 Å². The topological polar surface area (TPSA) is 116 Å². The van der Waals surface area contributed by atoms with Gasteiger partial charge in [-0.2, -0.15) is 0 Å². The van der Waals surface area contributed by atoms with Crippen molar-refractivity contribution in [2.24, 2.45) is 16.7 Å². The van der Waals surface area contributed by atoms with Crippen molar-refractivity contribution in [1.29, 1.82) is 0 Å². The van der Waals surface area contributed by atoms with Crippen molar-refractivity contribution < 1.29 is 34.7 Å². The summed E-state index contributed by atoms with van der Waals surface area (Å²) in [5.41, 5.74) is -0.0666. The molecular formula is C16H26O7. The van der Waals surface area contributed by atoms with E-state index < -0.39 is 36.7 Å². The maximum Gasteiger partial charge on any atom is 0.338 e. The number of aliphatic hydroxyl groups excluding tert-OH is 4. The molecule has 3 fully saturated rings. The highest BCUT2D eigenvalue weighted by Crippen LogP contribution is 2.66. The number of carbonyl (C=O) groups excluding carboxylic acids is 1. The van der Waals surface area contributed by atoms with Gasteiger partial charge in [-0.1, -0.05) is 20.8 Å². The minimum Gasteiger partial charge on any atom is -0.460 e. The Morgan fingerprint density at radius 3 is 2.26 bits per heavy atom. The van der Waals surface area contributed by atoms with Gasteiger partial charge in [0.1, 0.15) is 24.4 Å². The third-order valence-electron chi connectivity index (χ3n) is 6.79. The standard InChI is InChI=1S/C16H26O7/c1-15(2)7-4-5-16(15,3)8(6-7)22-14(21)12-10(18)9(17)11(19)13(20)23-12/h7-13,17-20H,4-6H2,1-3H3/t7-,8+,9-,10+,11-,12-,13+,16-/m0/s1. The van der Waals surface area contributed by atoms with Gasteiger partial charge in [0, 0.05) is 5.41 Å². The zero-order chi connectivity index (χ0) is 17.2. The largest absolute Gasteiger partial charge is 0.460 e. The number of aliphatic hydroxyl groups is 4. The molecule has 2 bridgehead atoms. The van der Waals surface area contributed by atoms with Crippen LogP contribution in [0.25, 0.3) is 0 Å². The minimum atomic E-state index is -1.74. The highest BCUT2D eigenvalue weighted by atomic mass is 16.7. The fourth-order valence-electron chi connectivity index (χ4n) is 4.57. The molecule has 7 nitrogen and oxygen atoms in total. The van der Waals surface area contributed by atoms with E-state index in [1.165, 1.54) is 0 Å². The molecule has 3 rings (SSSR count). The second-order valence-electron chi connectivity index (χ2n) is 7.96. The summed E-state index contributed by atoms with van der Waals surface area (Å²) in [4.78, 5) is 12.4. The maximum atomic E-state index is 12.4. The van der Waals surface area contributed by atoms with Crippen LogP contribution in [0.4, 0.5) is 0 Å². The van der Waals surface area contributed by atoms with Crippen molar-refractivity contribution in [3.63, 3.8) is 0 Å². The number of ether oxygens (including phenoxy) is 2. The SMILES string of the molecule is CC1(C)[C@H]2CC[C@@]1(C)[C@H](OC(=O)[C@H]1O[C@@H](O)[C@@H](O)[C@@H](O)[C@H]1O)C2. The zero-order valence-corrected chi connectivity index (χ0v) is 13.7. The lowest BCUT2D eigenvalue weighted by Crippen LogP contribution is -2.60. The lowest BCUT2D eigenvalue weighted by atomic mass is 9.70. The lowest BCUT2D eigenvalue weighted by molar-refractivity contribution is -0.283. The molecule has 3 aliphatic rings. The molecule has 7 heteroatoms. The monoisotopic (exact) mass is 330 g/mol. The molecule has 1 aliphatic heterocycles. The van der Waals surface area contributed by atoms with Crippen LogP contribution in [0.15, 0.2) is 0 Å². The van der Waals surface area contributed by atoms with Crippen molar-refractivity contribution >= 4 is 5.97 Å². The summed E-state index contributed by atoms with van der Waals surface area (Å²) in [6, 6.07) is 0. The molecule has 23 heavy (non-hydrogen) atoms. The highest BCUT2D eigenvalue weighted by Gasteiger charge is 2.63. The summed E-state index contributed by atoms with van der Waals surface area (Å²) < 4.78 is 10.5. The van der Waals surface area contributed by atoms with Crippen molar-refractivity contribution in [2.75, 3.05) is 0 Å². The predicted molar refractivity (Wildman–Crippen MR) is 78.0 cm³/mol. The molecule has 2 aliphatic carbocycles. The van der Waals surface area contributed by atoms with Crippen molar-refractivity contribution in [3.05, 3.63) is 0 Å². The van der Waals surface area contributed by atoms with Crippen LogP contribution in [0.1, 0.15) is 40.0 Å². The predicted octanol–water partition coefficient (Wildman–Crippen LogP) is -0.456. The second kappa shape index (κ2) is 5.39. The second-order valence-corrected chi connectivity index (χ2v) is 7.96. The van der Waals surface area contributed by atoms with E-state index in [9.17, 15) is 25.2 Å². The Morgan fingerprint density at radius 2 is 1.74 bits per heavy atom. The van der Waals surface area contributed by atoms with E-state index in [4.69, 9.17) is 9.47 Å². The van der Waals surface area contributed by atoms with Crippen molar-refractivity contribution in [1.82, 2.24) is 0 Å². The summed E-state index contributed by atoms with van der Waals surface area (Å²) >= 11 is 0. The maximum absolute atomic E-state index is 12.4. The average Bonchev–Trinajstić information content (AvgIpc) is 2.82. The van der Waals surface area contributed by atoms with Gasteiger partial charge in [0.25, 0.3) is 0 Å². The van der Waals surface area contributed by atoms with E-state index in [2.05, 4.69) is 20.8 Å². The number of esters is 1. The third kappa shape index (κ3) is 2.33. The Kier molecular flexibility index (Phi) is 4.01. The average molecular weight is 330 g/mol. The van der Waals surface area contributed by atoms with E-state index >= 15 is 0 Å². The smallest absolute Gasteiger partial charge is 0.338 e. The molecule has 2 saturated carbocycles. The van der Waals surface area contributed by atoms with Crippen LogP contribution in [0.5, 0.6) is 0 Å². The van der Waals surface area contributed by atoms with Gasteiger partial charge in [0.2, 0.25) is 0 Å². The molecule has 4 N–H and O–H groups in total. The van der Waals surface area contributed by atoms with Gasteiger partial charge < -0.3 is 29.9 Å². The normalized spacial score (nSPS) is 51.7. The highest BCUT2D eigenvalue weighted by molar-refractivity contribution is 5.76. The van der Waals surface area contributed by atoms with Crippen LogP contribution in [-0.4, -0.2) is 63.2 Å². The van der Waals surface area contributed by atoms with Gasteiger partial charge in [-0.3, -0.25) is 0 Å². The van der Waals surface area contributed by atoms with Crippen molar-refractivity contribution in [3.8, 4) is 0 Å². The Bertz CT molecular complexity index is 493. The molecule has 0 aromatic rings. The summed E-state index contributed by atoms with van der Waals surface area (Å²) in [7, 11) is 0. The van der Waals surface area contributed by atoms with E-state index in [0.29, 0.717) is 5.92 Å². The first kappa shape index (κ1) is 17.1. The molecule has 0 aromatic heterocycles. The van der Waals surface area contributed by atoms with Crippen LogP contribution in [-0.2, 0) is 14.3 Å². The van der Waals surface area contributed by atoms with E-state index in [1.807, 2.05) is 0 Å². The summed E-state index contributed by atoms with van der Waals surface area (Å²) in [6.45, 7) is 6.49. The fraction of sp³-hybridized carbons (Fsp3) is 0.938. The molecule has 0 unspecified atom stereocenters. The lowest BCUT2D eigenvalue weighted by Gasteiger charge is -2.40. The number of hydrogen-bond acceptors (Lipinski definition) is 7. The van der Waals surface area contributed by atoms with E-state index in [1.54, 1.807) is 0 Å². The quantitative estimate of drug-likeness (QED) is 0.506. The van der Waals surface area contributed by atoms with Gasteiger partial charge in [-0.05, 0) is 30.6 Å². The van der Waals surface area contributed by atoms with Crippen LogP contribution in [0.3, 0.4) is 0 Å². The number of rotatable bonds is 2. The first-order chi connectivity index (χ1) is 10.6. The van der Waals surface area contributed by atoms with Gasteiger partial charge >= 0.3 is 5.97 Å². The Hall–Kier alpha value is -0.730. The first-order valence-electron chi connectivity index (χ1n) is 8.18. The summed E-state index contributed by atoms with van der Waals surface area (Å²) in [5.74, 6) is -0.322. The third-order valence-corrected chi connectivity index (χ3v) is 6.79. The van der Waals surface area contributed by atoms with Crippen LogP contribution >= 0.6 is 0 Å². The Labute approximate surface area is 135 Å². The summed E-state index contributed by atoms with van der Waals surface area (Å²) in [6.07, 6.45) is -5.62. The molecule has 0 radical (unpaired) electrons. The molecule has 132 valence electrons. The van der Waals surface area contributed by atoms with Crippen LogP contribution in [0.2, 0.25) is 0 Å². The molecule has 0 aromatic carbocycles. The Balaban J connectivity index is 1.71. The van der Waals surface area contributed by atoms with Gasteiger partial charge in [0.15, 0.2) is 12.4 Å². The molecule has 0 spiro atoms. The van der Waals surface area contributed by atoms with E-state index in [-0.39, 0.29) is 16.9 Å². The van der Waals surface area contributed by atoms with Gasteiger partial charge in [-0.25, -0.2) is 4.79 Å². The minimum absolute atomic E-state index is 0.0687. The molecule has 1 saturated heterocycles. The fourth-order valence-corrected chi connectivity index (χ4v) is 4.57. The van der Waals surface area contributed by atoms with Crippen molar-refractivity contribution in [2.45, 2.75) is 76.8 Å².